The Bertz CT molecular complexity index is 701. The van der Waals surface area contributed by atoms with E-state index in [0.29, 0.717) is 5.82 Å². The van der Waals surface area contributed by atoms with Crippen LogP contribution in [0, 0.1) is 0 Å². The zero-order chi connectivity index (χ0) is 12.5. The summed E-state index contributed by atoms with van der Waals surface area (Å²) in [4.78, 5) is 4.44. The Morgan fingerprint density at radius 3 is 2.78 bits per heavy atom. The molecule has 0 aliphatic heterocycles. The maximum Gasteiger partial charge on any atom is 0.123 e. The van der Waals surface area contributed by atoms with Crippen LogP contribution < -0.4 is 5.73 Å². The SMILES string of the molecule is CCc1nc(N)ccc1-c1csc2ccccc12. The van der Waals surface area contributed by atoms with Crippen molar-refractivity contribution in [1.82, 2.24) is 4.98 Å². The summed E-state index contributed by atoms with van der Waals surface area (Å²) in [7, 11) is 0. The predicted octanol–water partition coefficient (Wildman–Crippen LogP) is 4.11. The highest BCUT2D eigenvalue weighted by Gasteiger charge is 2.10. The second-order valence-corrected chi connectivity index (χ2v) is 5.14. The Hall–Kier alpha value is -1.87. The van der Waals surface area contributed by atoms with E-state index < -0.39 is 0 Å². The fourth-order valence-corrected chi connectivity index (χ4v) is 3.18. The number of fused-ring (bicyclic) bond motifs is 1. The highest BCUT2D eigenvalue weighted by atomic mass is 32.1. The maximum atomic E-state index is 5.76. The summed E-state index contributed by atoms with van der Waals surface area (Å²) in [5.41, 5.74) is 9.29. The van der Waals surface area contributed by atoms with Crippen molar-refractivity contribution in [3.05, 3.63) is 47.5 Å². The molecule has 0 unspecified atom stereocenters. The van der Waals surface area contributed by atoms with E-state index in [9.17, 15) is 0 Å². The lowest BCUT2D eigenvalue weighted by Crippen LogP contribution is -1.96. The number of benzene rings is 1. The van der Waals surface area contributed by atoms with Crippen LogP contribution in [0.4, 0.5) is 5.82 Å². The minimum absolute atomic E-state index is 0.593. The molecule has 2 aromatic heterocycles. The molecule has 0 radical (unpaired) electrons. The molecule has 2 heterocycles. The number of nitrogens with zero attached hydrogens (tertiary/aromatic N) is 1. The van der Waals surface area contributed by atoms with Gasteiger partial charge in [0.05, 0.1) is 5.69 Å². The molecule has 0 atom stereocenters. The van der Waals surface area contributed by atoms with Gasteiger partial charge in [-0.05, 0) is 30.0 Å². The van der Waals surface area contributed by atoms with E-state index in [1.807, 2.05) is 6.07 Å². The quantitative estimate of drug-likeness (QED) is 0.747. The number of rotatable bonds is 2. The highest BCUT2D eigenvalue weighted by Crippen LogP contribution is 2.35. The van der Waals surface area contributed by atoms with Gasteiger partial charge < -0.3 is 5.73 Å². The molecular weight excluding hydrogens is 240 g/mol. The van der Waals surface area contributed by atoms with Crippen molar-refractivity contribution >= 4 is 27.2 Å². The van der Waals surface area contributed by atoms with Crippen molar-refractivity contribution in [2.75, 3.05) is 5.73 Å². The Labute approximate surface area is 110 Å². The summed E-state index contributed by atoms with van der Waals surface area (Å²) >= 11 is 1.77. The standard InChI is InChI=1S/C15H14N2S/c1-2-13-10(7-8-15(16)17-13)12-9-18-14-6-4-3-5-11(12)14/h3-9H,2H2,1H3,(H2,16,17). The molecule has 0 spiro atoms. The molecule has 3 heteroatoms. The van der Waals surface area contributed by atoms with Gasteiger partial charge in [-0.15, -0.1) is 11.3 Å². The monoisotopic (exact) mass is 254 g/mol. The number of hydrogen-bond acceptors (Lipinski definition) is 3. The molecule has 3 rings (SSSR count). The topological polar surface area (TPSA) is 38.9 Å². The number of aryl methyl sites for hydroxylation is 1. The summed E-state index contributed by atoms with van der Waals surface area (Å²) in [6.45, 7) is 2.11. The van der Waals surface area contributed by atoms with Crippen molar-refractivity contribution in [1.29, 1.82) is 0 Å². The molecule has 2 N–H and O–H groups in total. The number of nitrogen functional groups attached to an aromatic ring is 1. The zero-order valence-electron chi connectivity index (χ0n) is 10.2. The van der Waals surface area contributed by atoms with Crippen LogP contribution in [-0.2, 0) is 6.42 Å². The van der Waals surface area contributed by atoms with Crippen LogP contribution in [0.2, 0.25) is 0 Å². The maximum absolute atomic E-state index is 5.76. The van der Waals surface area contributed by atoms with Gasteiger partial charge in [0.25, 0.3) is 0 Å². The molecule has 0 aliphatic carbocycles. The first kappa shape index (κ1) is 11.2. The summed E-state index contributed by atoms with van der Waals surface area (Å²) in [6.07, 6.45) is 0.893. The Morgan fingerprint density at radius 2 is 1.94 bits per heavy atom. The van der Waals surface area contributed by atoms with Crippen molar-refractivity contribution in [2.24, 2.45) is 0 Å². The summed E-state index contributed by atoms with van der Waals surface area (Å²) < 4.78 is 1.31. The molecule has 2 nitrogen and oxygen atoms in total. The molecule has 1 aromatic carbocycles. The third-order valence-corrected chi connectivity index (χ3v) is 4.07. The van der Waals surface area contributed by atoms with Crippen molar-refractivity contribution < 1.29 is 0 Å². The molecule has 0 fully saturated rings. The molecule has 0 saturated heterocycles. The first-order chi connectivity index (χ1) is 8.79. The average Bonchev–Trinajstić information content (AvgIpc) is 2.82. The molecule has 0 bridgehead atoms. The van der Waals surface area contributed by atoms with Crippen LogP contribution in [0.5, 0.6) is 0 Å². The van der Waals surface area contributed by atoms with E-state index >= 15 is 0 Å². The number of aromatic nitrogens is 1. The molecule has 0 aliphatic rings. The summed E-state index contributed by atoms with van der Waals surface area (Å²) in [5, 5.41) is 3.50. The van der Waals surface area contributed by atoms with E-state index in [1.165, 1.54) is 21.2 Å². The number of pyridine rings is 1. The molecule has 0 amide bonds. The van der Waals surface area contributed by atoms with Gasteiger partial charge in [-0.3, -0.25) is 0 Å². The average molecular weight is 254 g/mol. The second-order valence-electron chi connectivity index (χ2n) is 4.23. The number of anilines is 1. The lowest BCUT2D eigenvalue weighted by Gasteiger charge is -2.07. The van der Waals surface area contributed by atoms with Gasteiger partial charge in [-0.1, -0.05) is 25.1 Å². The third kappa shape index (κ3) is 1.77. The Kier molecular flexibility index (Phi) is 2.76. The van der Waals surface area contributed by atoms with Crippen molar-refractivity contribution in [3.63, 3.8) is 0 Å². The largest absolute Gasteiger partial charge is 0.384 e. The third-order valence-electron chi connectivity index (χ3n) is 3.10. The lowest BCUT2D eigenvalue weighted by atomic mass is 10.0. The Balaban J connectivity index is 2.26. The molecule has 90 valence electrons. The fraction of sp³-hybridized carbons (Fsp3) is 0.133. The zero-order valence-corrected chi connectivity index (χ0v) is 11.0. The molecular formula is C15H14N2S. The molecule has 18 heavy (non-hydrogen) atoms. The van der Waals surface area contributed by atoms with Gasteiger partial charge in [0.2, 0.25) is 0 Å². The highest BCUT2D eigenvalue weighted by molar-refractivity contribution is 7.17. The lowest BCUT2D eigenvalue weighted by molar-refractivity contribution is 1.05. The van der Waals surface area contributed by atoms with Gasteiger partial charge in [-0.2, -0.15) is 0 Å². The smallest absolute Gasteiger partial charge is 0.123 e. The molecule has 3 aromatic rings. The van der Waals surface area contributed by atoms with E-state index in [4.69, 9.17) is 5.73 Å². The van der Waals surface area contributed by atoms with Crippen LogP contribution in [0.25, 0.3) is 21.2 Å². The van der Waals surface area contributed by atoms with E-state index in [0.717, 1.165) is 12.1 Å². The summed E-state index contributed by atoms with van der Waals surface area (Å²) in [5.74, 6) is 0.593. The Morgan fingerprint density at radius 1 is 1.11 bits per heavy atom. The predicted molar refractivity (Wildman–Crippen MR) is 78.8 cm³/mol. The van der Waals surface area contributed by atoms with E-state index in [2.05, 4.69) is 47.6 Å². The van der Waals surface area contributed by atoms with Gasteiger partial charge in [0, 0.05) is 21.2 Å². The van der Waals surface area contributed by atoms with E-state index in [1.54, 1.807) is 11.3 Å². The van der Waals surface area contributed by atoms with Crippen molar-refractivity contribution in [2.45, 2.75) is 13.3 Å². The normalized spacial score (nSPS) is 10.9. The first-order valence-electron chi connectivity index (χ1n) is 6.01. The fourth-order valence-electron chi connectivity index (χ4n) is 2.22. The van der Waals surface area contributed by atoms with Crippen LogP contribution in [0.15, 0.2) is 41.8 Å². The van der Waals surface area contributed by atoms with Crippen LogP contribution in [-0.4, -0.2) is 4.98 Å². The first-order valence-corrected chi connectivity index (χ1v) is 6.89. The second kappa shape index (κ2) is 4.42. The number of hydrogen-bond donors (Lipinski definition) is 1. The van der Waals surface area contributed by atoms with Crippen LogP contribution in [0.1, 0.15) is 12.6 Å². The number of nitrogens with two attached hydrogens (primary N) is 1. The van der Waals surface area contributed by atoms with Gasteiger partial charge in [0.15, 0.2) is 0 Å². The van der Waals surface area contributed by atoms with E-state index in [-0.39, 0.29) is 0 Å². The molecule has 0 saturated carbocycles. The van der Waals surface area contributed by atoms with Crippen LogP contribution in [0.3, 0.4) is 0 Å². The minimum Gasteiger partial charge on any atom is -0.384 e. The van der Waals surface area contributed by atoms with Crippen molar-refractivity contribution in [3.8, 4) is 11.1 Å². The van der Waals surface area contributed by atoms with Gasteiger partial charge in [0.1, 0.15) is 5.82 Å². The summed E-state index contributed by atoms with van der Waals surface area (Å²) in [6, 6.07) is 12.4. The minimum atomic E-state index is 0.593. The van der Waals surface area contributed by atoms with Crippen LogP contribution >= 0.6 is 11.3 Å². The number of thiophene rings is 1. The van der Waals surface area contributed by atoms with Gasteiger partial charge in [-0.25, -0.2) is 4.98 Å². The van der Waals surface area contributed by atoms with Gasteiger partial charge >= 0.3 is 0 Å².